The number of carbonyl (C=O) groups excluding carboxylic acids is 1. The zero-order valence-electron chi connectivity index (χ0n) is 7.87. The Morgan fingerprint density at radius 2 is 2.20 bits per heavy atom. The highest BCUT2D eigenvalue weighted by Gasteiger charge is 2.20. The van der Waals surface area contributed by atoms with E-state index in [0.717, 1.165) is 0 Å². The second kappa shape index (κ2) is 6.05. The molecule has 0 bridgehead atoms. The molecule has 0 aromatic heterocycles. The summed E-state index contributed by atoms with van der Waals surface area (Å²) in [5.41, 5.74) is 5.60. The molecule has 0 saturated heterocycles. The first-order valence-electron chi connectivity index (χ1n) is 3.85. The zero-order chi connectivity index (χ0) is 10.7. The molecule has 0 saturated carbocycles. The van der Waals surface area contributed by atoms with Crippen molar-refractivity contribution in [1.29, 1.82) is 0 Å². The van der Waals surface area contributed by atoms with Gasteiger partial charge in [0.15, 0.2) is 0 Å². The molecule has 1 rings (SSSR count). The average Bonchev–Trinajstić information content (AvgIpc) is 2.20. The summed E-state index contributed by atoms with van der Waals surface area (Å²) in [6.07, 6.45) is 0. The number of ether oxygens (including phenoxy) is 1. The number of halogens is 3. The van der Waals surface area contributed by atoms with E-state index in [2.05, 4.69) is 20.7 Å². The van der Waals surface area contributed by atoms with Crippen molar-refractivity contribution in [2.24, 2.45) is 5.73 Å². The fraction of sp³-hybridized carbons (Fsp3) is 0.222. The third-order valence-electron chi connectivity index (χ3n) is 1.77. The predicted molar refractivity (Wildman–Crippen MR) is 60.3 cm³/mol. The molecule has 15 heavy (non-hydrogen) atoms. The number of hydrogen-bond acceptors (Lipinski definition) is 3. The van der Waals surface area contributed by atoms with Crippen LogP contribution in [0.2, 0.25) is 0 Å². The van der Waals surface area contributed by atoms with E-state index in [0.29, 0.717) is 0 Å². The van der Waals surface area contributed by atoms with Crippen LogP contribution in [0.4, 0.5) is 4.39 Å². The fourth-order valence-electron chi connectivity index (χ4n) is 1.01. The lowest BCUT2D eigenvalue weighted by atomic mass is 10.1. The molecule has 0 radical (unpaired) electrons. The summed E-state index contributed by atoms with van der Waals surface area (Å²) in [6.45, 7) is 0. The Kier molecular flexibility index (Phi) is 5.79. The molecular weight excluding hydrogens is 288 g/mol. The zero-order valence-corrected chi connectivity index (χ0v) is 10.3. The van der Waals surface area contributed by atoms with Gasteiger partial charge in [0.25, 0.3) is 0 Å². The summed E-state index contributed by atoms with van der Waals surface area (Å²) in [4.78, 5) is 11.0. The van der Waals surface area contributed by atoms with Gasteiger partial charge in [0, 0.05) is 5.56 Å². The van der Waals surface area contributed by atoms with Crippen molar-refractivity contribution in [3.05, 3.63) is 34.1 Å². The average molecular weight is 299 g/mol. The van der Waals surface area contributed by atoms with Crippen LogP contribution in [0, 0.1) is 5.82 Å². The third kappa shape index (κ3) is 3.15. The molecule has 2 N–H and O–H groups in total. The highest BCUT2D eigenvalue weighted by atomic mass is 79.9. The molecule has 0 heterocycles. The number of benzene rings is 1. The Hall–Kier alpha value is -0.650. The summed E-state index contributed by atoms with van der Waals surface area (Å²) < 4.78 is 18.1. The van der Waals surface area contributed by atoms with E-state index in [1.165, 1.54) is 19.2 Å². The lowest BCUT2D eigenvalue weighted by Gasteiger charge is -2.10. The molecule has 0 aliphatic heterocycles. The van der Waals surface area contributed by atoms with Gasteiger partial charge in [0.05, 0.1) is 11.6 Å². The highest BCUT2D eigenvalue weighted by Crippen LogP contribution is 2.23. The lowest BCUT2D eigenvalue weighted by molar-refractivity contribution is -0.142. The van der Waals surface area contributed by atoms with Gasteiger partial charge in [-0.15, -0.1) is 12.4 Å². The van der Waals surface area contributed by atoms with Crippen LogP contribution < -0.4 is 5.73 Å². The second-order valence-electron chi connectivity index (χ2n) is 2.64. The van der Waals surface area contributed by atoms with Gasteiger partial charge in [-0.25, -0.2) is 4.39 Å². The number of rotatable bonds is 2. The minimum Gasteiger partial charge on any atom is -0.468 e. The predicted octanol–water partition coefficient (Wildman–Crippen LogP) is 2.18. The summed E-state index contributed by atoms with van der Waals surface area (Å²) >= 11 is 3.00. The smallest absolute Gasteiger partial charge is 0.327 e. The Bertz CT molecular complexity index is 362. The molecule has 1 aromatic rings. The van der Waals surface area contributed by atoms with E-state index in [1.807, 2.05) is 0 Å². The quantitative estimate of drug-likeness (QED) is 0.852. The first-order chi connectivity index (χ1) is 6.57. The molecule has 1 aromatic carbocycles. The Balaban J connectivity index is 0.00000196. The molecule has 3 nitrogen and oxygen atoms in total. The first-order valence-corrected chi connectivity index (χ1v) is 4.64. The molecule has 84 valence electrons. The van der Waals surface area contributed by atoms with Crippen molar-refractivity contribution in [1.82, 2.24) is 0 Å². The number of hydrogen-bond donors (Lipinski definition) is 1. The number of methoxy groups -OCH3 is 1. The molecule has 0 aliphatic carbocycles. The van der Waals surface area contributed by atoms with Gasteiger partial charge in [-0.3, -0.25) is 4.79 Å². The largest absolute Gasteiger partial charge is 0.468 e. The van der Waals surface area contributed by atoms with Crippen molar-refractivity contribution in [2.75, 3.05) is 7.11 Å². The summed E-state index contributed by atoms with van der Waals surface area (Å²) in [7, 11) is 1.21. The third-order valence-corrected chi connectivity index (χ3v) is 2.38. The van der Waals surface area contributed by atoms with Crippen molar-refractivity contribution >= 4 is 34.3 Å². The van der Waals surface area contributed by atoms with Gasteiger partial charge < -0.3 is 10.5 Å². The molecule has 0 unspecified atom stereocenters. The summed E-state index contributed by atoms with van der Waals surface area (Å²) in [6, 6.07) is 3.49. The van der Waals surface area contributed by atoms with Gasteiger partial charge in [-0.2, -0.15) is 0 Å². The van der Waals surface area contributed by atoms with Crippen LogP contribution in [0.5, 0.6) is 0 Å². The van der Waals surface area contributed by atoms with Gasteiger partial charge >= 0.3 is 5.97 Å². The van der Waals surface area contributed by atoms with E-state index in [1.54, 1.807) is 6.07 Å². The molecule has 6 heteroatoms. The SMILES string of the molecule is COC(=O)[C@@H](N)c1cccc(Br)c1F.Cl. The second-order valence-corrected chi connectivity index (χ2v) is 3.50. The molecule has 0 fully saturated rings. The van der Waals surface area contributed by atoms with E-state index in [-0.39, 0.29) is 22.4 Å². The van der Waals surface area contributed by atoms with Crippen LogP contribution in [0.3, 0.4) is 0 Å². The van der Waals surface area contributed by atoms with Gasteiger partial charge in [0.1, 0.15) is 11.9 Å². The summed E-state index contributed by atoms with van der Waals surface area (Å²) in [5, 5.41) is 0. The number of nitrogens with two attached hydrogens (primary N) is 1. The number of esters is 1. The van der Waals surface area contributed by atoms with E-state index < -0.39 is 17.8 Å². The van der Waals surface area contributed by atoms with E-state index >= 15 is 0 Å². The Labute approximate surface area is 101 Å². The lowest BCUT2D eigenvalue weighted by Crippen LogP contribution is -2.23. The van der Waals surface area contributed by atoms with Gasteiger partial charge in [0.2, 0.25) is 0 Å². The maximum absolute atomic E-state index is 13.4. The van der Waals surface area contributed by atoms with Crippen LogP contribution in [0.15, 0.2) is 22.7 Å². The Morgan fingerprint density at radius 3 is 2.73 bits per heavy atom. The van der Waals surface area contributed by atoms with E-state index in [4.69, 9.17) is 5.73 Å². The fourth-order valence-corrected chi connectivity index (χ4v) is 1.40. The van der Waals surface area contributed by atoms with E-state index in [9.17, 15) is 9.18 Å². The maximum Gasteiger partial charge on any atom is 0.327 e. The van der Waals surface area contributed by atoms with Crippen molar-refractivity contribution in [3.63, 3.8) is 0 Å². The van der Waals surface area contributed by atoms with Gasteiger partial charge in [-0.05, 0) is 22.0 Å². The minimum absolute atomic E-state index is 0. The topological polar surface area (TPSA) is 52.3 Å². The molecule has 0 aliphatic rings. The monoisotopic (exact) mass is 297 g/mol. The van der Waals surface area contributed by atoms with Crippen LogP contribution in [-0.2, 0) is 9.53 Å². The van der Waals surface area contributed by atoms with Gasteiger partial charge in [-0.1, -0.05) is 12.1 Å². The van der Waals surface area contributed by atoms with Crippen LogP contribution in [0.25, 0.3) is 0 Å². The normalized spacial score (nSPS) is 11.5. The highest BCUT2D eigenvalue weighted by molar-refractivity contribution is 9.10. The van der Waals surface area contributed by atoms with Crippen molar-refractivity contribution < 1.29 is 13.9 Å². The maximum atomic E-state index is 13.4. The van der Waals surface area contributed by atoms with Crippen LogP contribution in [0.1, 0.15) is 11.6 Å². The molecular formula is C9H10BrClFNO2. The first kappa shape index (κ1) is 14.3. The standard InChI is InChI=1S/C9H9BrFNO2.ClH/c1-14-9(13)8(12)5-3-2-4-6(10)7(5)11;/h2-4,8H,12H2,1H3;1H/t8-;/m0./s1. The molecule has 0 amide bonds. The summed E-state index contributed by atoms with van der Waals surface area (Å²) in [5.74, 6) is -1.20. The van der Waals surface area contributed by atoms with Crippen molar-refractivity contribution in [2.45, 2.75) is 6.04 Å². The van der Waals surface area contributed by atoms with Crippen LogP contribution in [-0.4, -0.2) is 13.1 Å². The number of carbonyl (C=O) groups is 1. The molecule has 1 atom stereocenters. The van der Waals surface area contributed by atoms with Crippen molar-refractivity contribution in [3.8, 4) is 0 Å². The molecule has 0 spiro atoms. The van der Waals surface area contributed by atoms with Crippen LogP contribution >= 0.6 is 28.3 Å². The Morgan fingerprint density at radius 1 is 1.60 bits per heavy atom. The minimum atomic E-state index is -1.09.